The zero-order chi connectivity index (χ0) is 13.1. The lowest BCUT2D eigenvalue weighted by Gasteiger charge is -2.06. The van der Waals surface area contributed by atoms with Crippen LogP contribution in [0.3, 0.4) is 0 Å². The first-order valence-corrected chi connectivity index (χ1v) is 5.80. The van der Waals surface area contributed by atoms with E-state index in [1.807, 2.05) is 47.0 Å². The summed E-state index contributed by atoms with van der Waals surface area (Å²) in [6.07, 6.45) is 5.12. The average Bonchev–Trinajstić information content (AvgIpc) is 2.87. The Hall–Kier alpha value is -2.82. The van der Waals surface area contributed by atoms with Crippen molar-refractivity contribution in [2.45, 2.75) is 0 Å². The van der Waals surface area contributed by atoms with Crippen molar-refractivity contribution >= 4 is 5.82 Å². The van der Waals surface area contributed by atoms with Gasteiger partial charge in [0.1, 0.15) is 17.9 Å². The van der Waals surface area contributed by atoms with Gasteiger partial charge in [0.05, 0.1) is 6.20 Å². The average molecular weight is 252 g/mol. The van der Waals surface area contributed by atoms with Crippen LogP contribution in [-0.4, -0.2) is 14.5 Å². The number of nitrogen functional groups attached to an aromatic ring is 1. The van der Waals surface area contributed by atoms with Crippen LogP contribution in [0.5, 0.6) is 11.6 Å². The van der Waals surface area contributed by atoms with Gasteiger partial charge in [0, 0.05) is 18.0 Å². The lowest BCUT2D eigenvalue weighted by Crippen LogP contribution is -1.91. The fourth-order valence-corrected chi connectivity index (χ4v) is 1.69. The molecule has 94 valence electrons. The molecule has 3 aromatic rings. The van der Waals surface area contributed by atoms with Crippen LogP contribution < -0.4 is 10.5 Å². The Balaban J connectivity index is 1.79. The first-order valence-electron chi connectivity index (χ1n) is 5.80. The van der Waals surface area contributed by atoms with Gasteiger partial charge < -0.3 is 15.0 Å². The normalized spacial score (nSPS) is 10.3. The molecule has 0 saturated carbocycles. The lowest BCUT2D eigenvalue weighted by molar-refractivity contribution is 0.463. The number of ether oxygens (including phenoxy) is 1. The van der Waals surface area contributed by atoms with Gasteiger partial charge in [-0.1, -0.05) is 6.07 Å². The maximum atomic E-state index is 5.61. The van der Waals surface area contributed by atoms with Crippen LogP contribution in [0, 0.1) is 0 Å². The summed E-state index contributed by atoms with van der Waals surface area (Å²) >= 11 is 0. The second kappa shape index (κ2) is 4.81. The molecule has 19 heavy (non-hydrogen) atoms. The molecule has 3 rings (SSSR count). The summed E-state index contributed by atoms with van der Waals surface area (Å²) < 4.78 is 7.46. The molecule has 2 aromatic heterocycles. The highest BCUT2D eigenvalue weighted by Crippen LogP contribution is 2.20. The summed E-state index contributed by atoms with van der Waals surface area (Å²) in [4.78, 5) is 8.09. The van der Waals surface area contributed by atoms with Gasteiger partial charge in [0.2, 0.25) is 5.88 Å². The quantitative estimate of drug-likeness (QED) is 0.778. The molecule has 0 fully saturated rings. The minimum Gasteiger partial charge on any atom is -0.439 e. The first kappa shape index (κ1) is 11.3. The summed E-state index contributed by atoms with van der Waals surface area (Å²) in [6.45, 7) is 0. The molecule has 2 N–H and O–H groups in total. The van der Waals surface area contributed by atoms with E-state index < -0.39 is 0 Å². The van der Waals surface area contributed by atoms with Crippen molar-refractivity contribution in [3.05, 3.63) is 61.2 Å². The molecule has 5 nitrogen and oxygen atoms in total. The van der Waals surface area contributed by atoms with Gasteiger partial charge in [-0.15, -0.1) is 0 Å². The Labute approximate surface area is 110 Å². The number of anilines is 1. The van der Waals surface area contributed by atoms with E-state index in [1.54, 1.807) is 18.7 Å². The van der Waals surface area contributed by atoms with Crippen LogP contribution in [0.4, 0.5) is 5.82 Å². The van der Waals surface area contributed by atoms with Crippen LogP contribution in [0.25, 0.3) is 5.69 Å². The van der Waals surface area contributed by atoms with Crippen LogP contribution in [0.15, 0.2) is 61.2 Å². The number of hydrogen-bond acceptors (Lipinski definition) is 4. The van der Waals surface area contributed by atoms with Crippen LogP contribution in [-0.2, 0) is 0 Å². The topological polar surface area (TPSA) is 66.0 Å². The molecular formula is C14H12N4O. The van der Waals surface area contributed by atoms with Crippen molar-refractivity contribution in [1.82, 2.24) is 14.5 Å². The molecule has 0 aliphatic heterocycles. The molecule has 2 heterocycles. The number of nitrogens with two attached hydrogens (primary N) is 1. The lowest BCUT2D eigenvalue weighted by atomic mass is 10.3. The minimum atomic E-state index is 0.494. The number of hydrogen-bond donors (Lipinski definition) is 1. The molecule has 1 aromatic carbocycles. The third-order valence-electron chi connectivity index (χ3n) is 2.60. The number of rotatable bonds is 3. The molecule has 0 unspecified atom stereocenters. The highest BCUT2D eigenvalue weighted by atomic mass is 16.5. The third kappa shape index (κ3) is 2.55. The van der Waals surface area contributed by atoms with Crippen molar-refractivity contribution in [2.24, 2.45) is 0 Å². The van der Waals surface area contributed by atoms with Crippen LogP contribution in [0.2, 0.25) is 0 Å². The molecule has 5 heteroatoms. The molecule has 0 amide bonds. The number of imidazole rings is 1. The molecule has 0 bridgehead atoms. The second-order valence-electron chi connectivity index (χ2n) is 3.97. The van der Waals surface area contributed by atoms with Gasteiger partial charge in [-0.3, -0.25) is 0 Å². The molecular weight excluding hydrogens is 240 g/mol. The van der Waals surface area contributed by atoms with E-state index in [-0.39, 0.29) is 0 Å². The standard InChI is InChI=1S/C14H12N4O/c15-13-9-18(10-17-13)11-4-6-12(7-5-11)19-14-3-1-2-8-16-14/h1-10H,15H2. The highest BCUT2D eigenvalue weighted by Gasteiger charge is 2.00. The van der Waals surface area contributed by atoms with E-state index in [9.17, 15) is 0 Å². The minimum absolute atomic E-state index is 0.494. The van der Waals surface area contributed by atoms with Gasteiger partial charge in [0.25, 0.3) is 0 Å². The van der Waals surface area contributed by atoms with Crippen molar-refractivity contribution in [3.8, 4) is 17.3 Å². The summed E-state index contributed by atoms with van der Waals surface area (Å²) in [7, 11) is 0. The zero-order valence-corrected chi connectivity index (χ0v) is 10.1. The van der Waals surface area contributed by atoms with Crippen molar-refractivity contribution in [1.29, 1.82) is 0 Å². The maximum Gasteiger partial charge on any atom is 0.219 e. The largest absolute Gasteiger partial charge is 0.439 e. The molecule has 0 spiro atoms. The Morgan fingerprint density at radius 2 is 1.84 bits per heavy atom. The number of aromatic nitrogens is 3. The number of pyridine rings is 1. The maximum absolute atomic E-state index is 5.61. The van der Waals surface area contributed by atoms with Crippen molar-refractivity contribution in [3.63, 3.8) is 0 Å². The molecule has 0 aliphatic carbocycles. The van der Waals surface area contributed by atoms with Gasteiger partial charge in [-0.2, -0.15) is 0 Å². The Bertz CT molecular complexity index is 661. The Morgan fingerprint density at radius 1 is 1.00 bits per heavy atom. The monoisotopic (exact) mass is 252 g/mol. The van der Waals surface area contributed by atoms with Gasteiger partial charge >= 0.3 is 0 Å². The van der Waals surface area contributed by atoms with E-state index in [2.05, 4.69) is 9.97 Å². The molecule has 0 atom stereocenters. The smallest absolute Gasteiger partial charge is 0.219 e. The van der Waals surface area contributed by atoms with Crippen LogP contribution >= 0.6 is 0 Å². The van der Waals surface area contributed by atoms with E-state index >= 15 is 0 Å². The fraction of sp³-hybridized carbons (Fsp3) is 0. The highest BCUT2D eigenvalue weighted by molar-refractivity contribution is 5.40. The predicted molar refractivity (Wildman–Crippen MR) is 72.3 cm³/mol. The Morgan fingerprint density at radius 3 is 2.47 bits per heavy atom. The summed E-state index contributed by atoms with van der Waals surface area (Å²) in [6, 6.07) is 13.1. The predicted octanol–water partition coefficient (Wildman–Crippen LogP) is 2.64. The second-order valence-corrected chi connectivity index (χ2v) is 3.97. The van der Waals surface area contributed by atoms with Crippen LogP contribution in [0.1, 0.15) is 0 Å². The van der Waals surface area contributed by atoms with Crippen molar-refractivity contribution in [2.75, 3.05) is 5.73 Å². The summed E-state index contributed by atoms with van der Waals surface area (Å²) in [5.41, 5.74) is 6.55. The summed E-state index contributed by atoms with van der Waals surface area (Å²) in [5.74, 6) is 1.80. The van der Waals surface area contributed by atoms with Gasteiger partial charge in [-0.05, 0) is 30.3 Å². The van der Waals surface area contributed by atoms with E-state index in [0.717, 1.165) is 11.4 Å². The zero-order valence-electron chi connectivity index (χ0n) is 10.1. The number of benzene rings is 1. The van der Waals surface area contributed by atoms with Gasteiger partial charge in [0.15, 0.2) is 0 Å². The third-order valence-corrected chi connectivity index (χ3v) is 2.60. The Kier molecular flexibility index (Phi) is 2.86. The van der Waals surface area contributed by atoms with E-state index in [4.69, 9.17) is 10.5 Å². The molecule has 0 aliphatic rings. The first-order chi connectivity index (χ1) is 9.31. The molecule has 0 saturated heterocycles. The summed E-state index contributed by atoms with van der Waals surface area (Å²) in [5, 5.41) is 0. The fourth-order valence-electron chi connectivity index (χ4n) is 1.69. The molecule has 0 radical (unpaired) electrons. The van der Waals surface area contributed by atoms with Crippen molar-refractivity contribution < 1.29 is 4.74 Å². The van der Waals surface area contributed by atoms with E-state index in [0.29, 0.717) is 11.7 Å². The number of nitrogens with zero attached hydrogens (tertiary/aromatic N) is 3. The van der Waals surface area contributed by atoms with Gasteiger partial charge in [-0.25, -0.2) is 9.97 Å². The van der Waals surface area contributed by atoms with E-state index in [1.165, 1.54) is 0 Å². The SMILES string of the molecule is Nc1cn(-c2ccc(Oc3ccccn3)cc2)cn1.